The minimum Gasteiger partial charge on any atom is -0.497 e. The van der Waals surface area contributed by atoms with E-state index in [9.17, 15) is 9.59 Å². The molecule has 0 aliphatic carbocycles. The number of methoxy groups -OCH3 is 1. The summed E-state index contributed by atoms with van der Waals surface area (Å²) in [5, 5.41) is 3.50. The first kappa shape index (κ1) is 23.7. The van der Waals surface area contributed by atoms with E-state index in [4.69, 9.17) is 21.3 Å². The second kappa shape index (κ2) is 9.82. The Bertz CT molecular complexity index is 1250. The summed E-state index contributed by atoms with van der Waals surface area (Å²) >= 11 is 5.89. The van der Waals surface area contributed by atoms with Crippen LogP contribution in [0, 0.1) is 0 Å². The van der Waals surface area contributed by atoms with Gasteiger partial charge in [0.05, 0.1) is 31.2 Å². The van der Waals surface area contributed by atoms with Crippen LogP contribution in [0.1, 0.15) is 47.3 Å². The van der Waals surface area contributed by atoms with E-state index in [1.807, 2.05) is 24.3 Å². The number of halogens is 1. The Hall–Kier alpha value is -3.44. The molecular formula is C28H27ClN2O3. The number of amides is 1. The topological polar surface area (TPSA) is 67.8 Å². The van der Waals surface area contributed by atoms with Crippen molar-refractivity contribution in [2.45, 2.75) is 38.6 Å². The fourth-order valence-electron chi connectivity index (χ4n) is 4.16. The summed E-state index contributed by atoms with van der Waals surface area (Å²) < 4.78 is 5.38. The Morgan fingerprint density at radius 1 is 1.00 bits per heavy atom. The van der Waals surface area contributed by atoms with Crippen molar-refractivity contribution in [3.05, 3.63) is 94.0 Å². The number of Topliss-reactive ketones (excluding diaryl/α,β-unsaturated/α-hetero) is 1. The van der Waals surface area contributed by atoms with Crippen molar-refractivity contribution >= 4 is 34.7 Å². The molecule has 3 aromatic rings. The number of benzene rings is 3. The molecule has 1 aliphatic heterocycles. The van der Waals surface area contributed by atoms with Gasteiger partial charge in [-0.3, -0.25) is 14.6 Å². The van der Waals surface area contributed by atoms with Gasteiger partial charge in [0, 0.05) is 21.8 Å². The summed E-state index contributed by atoms with van der Waals surface area (Å²) in [7, 11) is 1.63. The van der Waals surface area contributed by atoms with Gasteiger partial charge in [0.15, 0.2) is 5.78 Å². The van der Waals surface area contributed by atoms with Gasteiger partial charge < -0.3 is 10.1 Å². The van der Waals surface area contributed by atoms with Crippen LogP contribution in [-0.4, -0.2) is 30.1 Å². The Balaban J connectivity index is 1.44. The largest absolute Gasteiger partial charge is 0.497 e. The zero-order chi connectivity index (χ0) is 24.3. The van der Waals surface area contributed by atoms with E-state index in [0.29, 0.717) is 16.3 Å². The normalized spacial score (nSPS) is 14.1. The molecule has 0 saturated heterocycles. The molecule has 34 heavy (non-hydrogen) atoms. The third-order valence-corrected chi connectivity index (χ3v) is 6.04. The number of nitrogens with zero attached hydrogens (tertiary/aromatic N) is 1. The minimum atomic E-state index is -0.268. The summed E-state index contributed by atoms with van der Waals surface area (Å²) in [6, 6.07) is 20.1. The van der Waals surface area contributed by atoms with Crippen molar-refractivity contribution in [3.63, 3.8) is 0 Å². The van der Waals surface area contributed by atoms with Crippen LogP contribution in [0.2, 0.25) is 5.02 Å². The molecule has 4 rings (SSSR count). The van der Waals surface area contributed by atoms with Gasteiger partial charge in [-0.05, 0) is 79.9 Å². The average Bonchev–Trinajstić information content (AvgIpc) is 2.80. The second-order valence-electron chi connectivity index (χ2n) is 9.10. The average molecular weight is 475 g/mol. The predicted octanol–water partition coefficient (Wildman–Crippen LogP) is 5.93. The molecule has 0 unspecified atom stereocenters. The van der Waals surface area contributed by atoms with Gasteiger partial charge in [0.2, 0.25) is 5.91 Å². The molecule has 0 saturated carbocycles. The molecule has 1 N–H and O–H groups in total. The highest BCUT2D eigenvalue weighted by Crippen LogP contribution is 2.31. The number of aliphatic imine (C=N–C) groups is 1. The molecule has 0 radical (unpaired) electrons. The summed E-state index contributed by atoms with van der Waals surface area (Å²) in [6.07, 6.45) is 1.26. The fraction of sp³-hybridized carbons (Fsp3) is 0.250. The number of fused-ring (bicyclic) bond motifs is 1. The number of hydrogen-bond donors (Lipinski definition) is 1. The van der Waals surface area contributed by atoms with Gasteiger partial charge in [0.1, 0.15) is 5.75 Å². The summed E-state index contributed by atoms with van der Waals surface area (Å²) in [5.41, 5.74) is 4.74. The van der Waals surface area contributed by atoms with Crippen molar-refractivity contribution in [3.8, 4) is 5.75 Å². The molecule has 174 valence electrons. The van der Waals surface area contributed by atoms with E-state index in [2.05, 4.69) is 25.2 Å². The minimum absolute atomic E-state index is 0.0238. The van der Waals surface area contributed by atoms with Crippen LogP contribution in [0.15, 0.2) is 71.7 Å². The van der Waals surface area contributed by atoms with Crippen LogP contribution in [0.25, 0.3) is 0 Å². The van der Waals surface area contributed by atoms with Crippen LogP contribution >= 0.6 is 11.6 Å². The molecular weight excluding hydrogens is 448 g/mol. The molecule has 0 fully saturated rings. The quantitative estimate of drug-likeness (QED) is 0.432. The lowest BCUT2D eigenvalue weighted by atomic mass is 9.85. The number of anilines is 1. The van der Waals surface area contributed by atoms with Crippen LogP contribution in [0.5, 0.6) is 5.75 Å². The molecule has 1 amide bonds. The third-order valence-electron chi connectivity index (χ3n) is 5.79. The molecule has 0 bridgehead atoms. The van der Waals surface area contributed by atoms with Gasteiger partial charge in [-0.2, -0.15) is 0 Å². The van der Waals surface area contributed by atoms with Gasteiger partial charge in [-0.25, -0.2) is 0 Å². The van der Waals surface area contributed by atoms with Crippen molar-refractivity contribution in [1.29, 1.82) is 0 Å². The molecule has 5 nitrogen and oxygen atoms in total. The van der Waals surface area contributed by atoms with Gasteiger partial charge >= 0.3 is 0 Å². The molecule has 1 heterocycles. The highest BCUT2D eigenvalue weighted by Gasteiger charge is 2.28. The third kappa shape index (κ3) is 5.72. The van der Waals surface area contributed by atoms with Crippen molar-refractivity contribution in [1.82, 2.24) is 0 Å². The van der Waals surface area contributed by atoms with Crippen molar-refractivity contribution in [2.75, 3.05) is 12.4 Å². The second-order valence-corrected chi connectivity index (χ2v) is 9.54. The molecule has 6 heteroatoms. The molecule has 0 spiro atoms. The fourth-order valence-corrected chi connectivity index (χ4v) is 4.28. The van der Waals surface area contributed by atoms with E-state index >= 15 is 0 Å². The number of carbonyl (C=O) groups is 2. The summed E-state index contributed by atoms with van der Waals surface area (Å²) in [6.45, 7) is 4.15. The SMILES string of the molecule is COc1ccc2c(c1)C(CC(=O)c1ccc(NC(=O)Cc3ccc(Cl)cc3)cc1)=NC(C)(C)C2. The van der Waals surface area contributed by atoms with Crippen LogP contribution in [-0.2, 0) is 17.6 Å². The maximum Gasteiger partial charge on any atom is 0.228 e. The Labute approximate surface area is 204 Å². The van der Waals surface area contributed by atoms with E-state index < -0.39 is 0 Å². The Morgan fingerprint density at radius 2 is 1.71 bits per heavy atom. The standard InChI is InChI=1S/C28H27ClN2O3/c1-28(2)17-20-8-13-23(34-3)15-24(20)25(31-28)16-26(32)19-6-11-22(12-7-19)30-27(33)14-18-4-9-21(29)10-5-18/h4-13,15H,14,16-17H2,1-3H3,(H,30,33). The lowest BCUT2D eigenvalue weighted by molar-refractivity contribution is -0.115. The number of ketones is 1. The number of hydrogen-bond acceptors (Lipinski definition) is 4. The number of rotatable bonds is 7. The number of ether oxygens (including phenoxy) is 1. The van der Waals surface area contributed by atoms with Gasteiger partial charge in [-0.1, -0.05) is 29.8 Å². The van der Waals surface area contributed by atoms with Crippen molar-refractivity contribution < 1.29 is 14.3 Å². The lowest BCUT2D eigenvalue weighted by Gasteiger charge is -2.29. The van der Waals surface area contributed by atoms with Crippen LogP contribution in [0.4, 0.5) is 5.69 Å². The van der Waals surface area contributed by atoms with E-state index in [1.54, 1.807) is 43.5 Å². The first-order valence-electron chi connectivity index (χ1n) is 11.2. The van der Waals surface area contributed by atoms with Gasteiger partial charge in [-0.15, -0.1) is 0 Å². The van der Waals surface area contributed by atoms with Crippen LogP contribution in [0.3, 0.4) is 0 Å². The van der Waals surface area contributed by atoms with E-state index in [1.165, 1.54) is 5.56 Å². The predicted molar refractivity (Wildman–Crippen MR) is 136 cm³/mol. The number of carbonyl (C=O) groups excluding carboxylic acids is 2. The van der Waals surface area contributed by atoms with Crippen molar-refractivity contribution in [2.24, 2.45) is 4.99 Å². The zero-order valence-corrected chi connectivity index (χ0v) is 20.3. The highest BCUT2D eigenvalue weighted by atomic mass is 35.5. The monoisotopic (exact) mass is 474 g/mol. The summed E-state index contributed by atoms with van der Waals surface area (Å²) in [5.74, 6) is 0.590. The molecule has 0 aromatic heterocycles. The Morgan fingerprint density at radius 3 is 2.38 bits per heavy atom. The summed E-state index contributed by atoms with van der Waals surface area (Å²) in [4.78, 5) is 30.3. The van der Waals surface area contributed by atoms with Gasteiger partial charge in [0.25, 0.3) is 0 Å². The first-order chi connectivity index (χ1) is 16.2. The molecule has 3 aromatic carbocycles. The molecule has 0 atom stereocenters. The maximum atomic E-state index is 13.1. The van der Waals surface area contributed by atoms with E-state index in [0.717, 1.165) is 29.0 Å². The maximum absolute atomic E-state index is 13.1. The molecule has 1 aliphatic rings. The highest BCUT2D eigenvalue weighted by molar-refractivity contribution is 6.30. The first-order valence-corrected chi connectivity index (χ1v) is 11.5. The zero-order valence-electron chi connectivity index (χ0n) is 19.5. The Kier molecular flexibility index (Phi) is 6.85. The van der Waals surface area contributed by atoms with Crippen LogP contribution < -0.4 is 10.1 Å². The lowest BCUT2D eigenvalue weighted by Crippen LogP contribution is -2.30. The van der Waals surface area contributed by atoms with E-state index in [-0.39, 0.29) is 30.1 Å². The smallest absolute Gasteiger partial charge is 0.228 e. The number of nitrogens with one attached hydrogen (secondary N) is 1.